The topological polar surface area (TPSA) is 38.3 Å². The quantitative estimate of drug-likeness (QED) is 0.754. The summed E-state index contributed by atoms with van der Waals surface area (Å²) >= 11 is 0. The number of hydrogen-bond donors (Lipinski definition) is 1. The number of rotatable bonds is 7. The van der Waals surface area contributed by atoms with Gasteiger partial charge in [0.1, 0.15) is 0 Å². The van der Waals surface area contributed by atoms with Gasteiger partial charge in [0.05, 0.1) is 12.7 Å². The smallest absolute Gasteiger partial charge is 0.337 e. The Balaban J connectivity index is 2.50. The van der Waals surface area contributed by atoms with Crippen LogP contribution in [0.15, 0.2) is 24.3 Å². The molecule has 1 rings (SSSR count). The Kier molecular flexibility index (Phi) is 6.44. The maximum Gasteiger partial charge on any atom is 0.337 e. The first-order valence-corrected chi connectivity index (χ1v) is 6.61. The van der Waals surface area contributed by atoms with E-state index in [1.807, 2.05) is 24.3 Å². The van der Waals surface area contributed by atoms with Crippen molar-refractivity contribution < 1.29 is 9.53 Å². The molecule has 3 heteroatoms. The summed E-state index contributed by atoms with van der Waals surface area (Å²) < 4.78 is 4.67. The molecule has 0 bridgehead atoms. The molecular formula is C15H23NO2. The summed E-state index contributed by atoms with van der Waals surface area (Å²) in [4.78, 5) is 11.3. The van der Waals surface area contributed by atoms with Crippen LogP contribution in [-0.4, -0.2) is 19.1 Å². The fourth-order valence-corrected chi connectivity index (χ4v) is 1.94. The second-order valence-electron chi connectivity index (χ2n) is 4.46. The normalized spacial score (nSPS) is 12.2. The summed E-state index contributed by atoms with van der Waals surface area (Å²) in [6.07, 6.45) is 3.55. The van der Waals surface area contributed by atoms with Gasteiger partial charge in [-0.1, -0.05) is 32.4 Å². The van der Waals surface area contributed by atoms with Gasteiger partial charge >= 0.3 is 5.97 Å². The standard InChI is InChI=1S/C15H23NO2/c1-4-6-14(5-2)16-11-12-7-9-13(10-8-12)15(17)18-3/h7-10,14,16H,4-6,11H2,1-3H3. The van der Waals surface area contributed by atoms with Gasteiger partial charge in [-0.2, -0.15) is 0 Å². The van der Waals surface area contributed by atoms with E-state index >= 15 is 0 Å². The highest BCUT2D eigenvalue weighted by Gasteiger charge is 2.06. The Morgan fingerprint density at radius 3 is 2.44 bits per heavy atom. The molecule has 18 heavy (non-hydrogen) atoms. The molecule has 0 saturated carbocycles. The fourth-order valence-electron chi connectivity index (χ4n) is 1.94. The van der Waals surface area contributed by atoms with Crippen molar-refractivity contribution in [1.82, 2.24) is 5.32 Å². The molecule has 0 heterocycles. The molecule has 0 fully saturated rings. The maximum atomic E-state index is 11.3. The largest absolute Gasteiger partial charge is 0.465 e. The Bertz CT molecular complexity index is 359. The van der Waals surface area contributed by atoms with Crippen molar-refractivity contribution in [2.24, 2.45) is 0 Å². The minimum Gasteiger partial charge on any atom is -0.465 e. The number of ether oxygens (including phenoxy) is 1. The lowest BCUT2D eigenvalue weighted by Crippen LogP contribution is -2.27. The molecule has 0 saturated heterocycles. The SMILES string of the molecule is CCCC(CC)NCc1ccc(C(=O)OC)cc1. The number of esters is 1. The van der Waals surface area contributed by atoms with Crippen molar-refractivity contribution in [2.75, 3.05) is 7.11 Å². The van der Waals surface area contributed by atoms with Crippen LogP contribution in [0.4, 0.5) is 0 Å². The van der Waals surface area contributed by atoms with Crippen molar-refractivity contribution in [2.45, 2.75) is 45.7 Å². The van der Waals surface area contributed by atoms with E-state index in [0.29, 0.717) is 11.6 Å². The van der Waals surface area contributed by atoms with Crippen molar-refractivity contribution in [3.63, 3.8) is 0 Å². The highest BCUT2D eigenvalue weighted by Crippen LogP contribution is 2.07. The van der Waals surface area contributed by atoms with Crippen LogP contribution < -0.4 is 5.32 Å². The molecule has 1 N–H and O–H groups in total. The van der Waals surface area contributed by atoms with Crippen LogP contribution in [0.2, 0.25) is 0 Å². The van der Waals surface area contributed by atoms with E-state index in [0.717, 1.165) is 13.0 Å². The van der Waals surface area contributed by atoms with Crippen LogP contribution in [0.1, 0.15) is 49.0 Å². The number of methoxy groups -OCH3 is 1. The molecule has 0 amide bonds. The first-order chi connectivity index (χ1) is 8.71. The van der Waals surface area contributed by atoms with Gasteiger partial charge in [-0.25, -0.2) is 4.79 Å². The number of nitrogens with one attached hydrogen (secondary N) is 1. The third-order valence-corrected chi connectivity index (χ3v) is 3.10. The number of carbonyl (C=O) groups excluding carboxylic acids is 1. The van der Waals surface area contributed by atoms with Gasteiger partial charge in [-0.3, -0.25) is 0 Å². The molecule has 1 aromatic carbocycles. The molecule has 1 unspecified atom stereocenters. The van der Waals surface area contributed by atoms with E-state index in [1.165, 1.54) is 25.5 Å². The lowest BCUT2D eigenvalue weighted by atomic mass is 10.1. The average Bonchev–Trinajstić information content (AvgIpc) is 2.43. The minimum atomic E-state index is -0.285. The molecule has 1 atom stereocenters. The Labute approximate surface area is 110 Å². The van der Waals surface area contributed by atoms with Crippen LogP contribution in [0.3, 0.4) is 0 Å². The van der Waals surface area contributed by atoms with E-state index in [2.05, 4.69) is 23.9 Å². The molecule has 3 nitrogen and oxygen atoms in total. The van der Waals surface area contributed by atoms with Gasteiger partial charge in [-0.05, 0) is 30.5 Å². The van der Waals surface area contributed by atoms with Crippen LogP contribution >= 0.6 is 0 Å². The Morgan fingerprint density at radius 2 is 1.94 bits per heavy atom. The van der Waals surface area contributed by atoms with Gasteiger partial charge in [0.15, 0.2) is 0 Å². The molecule has 0 radical (unpaired) electrons. The molecule has 0 spiro atoms. The molecule has 0 aromatic heterocycles. The summed E-state index contributed by atoms with van der Waals surface area (Å²) in [5.41, 5.74) is 1.79. The average molecular weight is 249 g/mol. The zero-order chi connectivity index (χ0) is 13.4. The maximum absolute atomic E-state index is 11.3. The van der Waals surface area contributed by atoms with Crippen LogP contribution in [0.25, 0.3) is 0 Å². The van der Waals surface area contributed by atoms with Gasteiger partial charge in [0.25, 0.3) is 0 Å². The van der Waals surface area contributed by atoms with Crippen LogP contribution in [0, 0.1) is 0 Å². The lowest BCUT2D eigenvalue weighted by Gasteiger charge is -2.16. The van der Waals surface area contributed by atoms with Crippen molar-refractivity contribution >= 4 is 5.97 Å². The lowest BCUT2D eigenvalue weighted by molar-refractivity contribution is 0.0600. The number of carbonyl (C=O) groups is 1. The van der Waals surface area contributed by atoms with E-state index in [9.17, 15) is 4.79 Å². The van der Waals surface area contributed by atoms with E-state index in [1.54, 1.807) is 0 Å². The van der Waals surface area contributed by atoms with Crippen molar-refractivity contribution in [1.29, 1.82) is 0 Å². The minimum absolute atomic E-state index is 0.285. The van der Waals surface area contributed by atoms with Crippen molar-refractivity contribution in [3.05, 3.63) is 35.4 Å². The van der Waals surface area contributed by atoms with E-state index in [-0.39, 0.29) is 5.97 Å². The zero-order valence-electron chi connectivity index (χ0n) is 11.5. The highest BCUT2D eigenvalue weighted by atomic mass is 16.5. The summed E-state index contributed by atoms with van der Waals surface area (Å²) in [5, 5.41) is 3.53. The predicted octanol–water partition coefficient (Wildman–Crippen LogP) is 3.14. The first kappa shape index (κ1) is 14.7. The monoisotopic (exact) mass is 249 g/mol. The second kappa shape index (κ2) is 7.88. The Morgan fingerprint density at radius 1 is 1.28 bits per heavy atom. The molecule has 0 aliphatic rings. The summed E-state index contributed by atoms with van der Waals surface area (Å²) in [6, 6.07) is 8.14. The number of benzene rings is 1. The van der Waals surface area contributed by atoms with Crippen LogP contribution in [0.5, 0.6) is 0 Å². The third kappa shape index (κ3) is 4.49. The molecule has 0 aliphatic carbocycles. The molecule has 0 aliphatic heterocycles. The summed E-state index contributed by atoms with van der Waals surface area (Å²) in [7, 11) is 1.40. The highest BCUT2D eigenvalue weighted by molar-refractivity contribution is 5.89. The zero-order valence-corrected chi connectivity index (χ0v) is 11.5. The first-order valence-electron chi connectivity index (χ1n) is 6.61. The van der Waals surface area contributed by atoms with Gasteiger partial charge in [0.2, 0.25) is 0 Å². The number of hydrogen-bond acceptors (Lipinski definition) is 3. The summed E-state index contributed by atoms with van der Waals surface area (Å²) in [5.74, 6) is -0.285. The van der Waals surface area contributed by atoms with E-state index < -0.39 is 0 Å². The summed E-state index contributed by atoms with van der Waals surface area (Å²) in [6.45, 7) is 5.25. The van der Waals surface area contributed by atoms with E-state index in [4.69, 9.17) is 0 Å². The molecule has 100 valence electrons. The third-order valence-electron chi connectivity index (χ3n) is 3.10. The van der Waals surface area contributed by atoms with Gasteiger partial charge in [-0.15, -0.1) is 0 Å². The predicted molar refractivity (Wildman–Crippen MR) is 73.6 cm³/mol. The van der Waals surface area contributed by atoms with Gasteiger partial charge in [0, 0.05) is 12.6 Å². The fraction of sp³-hybridized carbons (Fsp3) is 0.533. The molecule has 1 aromatic rings. The van der Waals surface area contributed by atoms with Crippen LogP contribution in [-0.2, 0) is 11.3 Å². The molecular weight excluding hydrogens is 226 g/mol. The van der Waals surface area contributed by atoms with Crippen molar-refractivity contribution in [3.8, 4) is 0 Å². The van der Waals surface area contributed by atoms with Gasteiger partial charge < -0.3 is 10.1 Å². The second-order valence-corrected chi connectivity index (χ2v) is 4.46. The Hall–Kier alpha value is -1.35.